The van der Waals surface area contributed by atoms with Crippen molar-refractivity contribution in [3.63, 3.8) is 0 Å². The first kappa shape index (κ1) is 12.6. The highest BCUT2D eigenvalue weighted by Gasteiger charge is 2.17. The van der Waals surface area contributed by atoms with Crippen LogP contribution in [0.1, 0.15) is 6.92 Å². The summed E-state index contributed by atoms with van der Waals surface area (Å²) in [6.45, 7) is 2.40. The predicted molar refractivity (Wildman–Crippen MR) is 71.2 cm³/mol. The molecule has 96 valence electrons. The van der Waals surface area contributed by atoms with Gasteiger partial charge in [0.05, 0.1) is 30.0 Å². The molecular formula is C12H14ClN3O2. The topological polar surface area (TPSA) is 73.2 Å². The molecule has 0 aliphatic heterocycles. The fraction of sp³-hybridized carbons (Fsp3) is 0.250. The minimum absolute atomic E-state index is 0.395. The van der Waals surface area contributed by atoms with Gasteiger partial charge in [-0.05, 0) is 19.1 Å². The van der Waals surface area contributed by atoms with Crippen LogP contribution in [0.3, 0.4) is 0 Å². The Kier molecular flexibility index (Phi) is 3.62. The van der Waals surface area contributed by atoms with Gasteiger partial charge in [0.2, 0.25) is 0 Å². The second-order valence-electron chi connectivity index (χ2n) is 3.59. The number of benzene rings is 1. The average Bonchev–Trinajstić information content (AvgIpc) is 2.76. The minimum atomic E-state index is 0.395. The number of aromatic nitrogens is 2. The van der Waals surface area contributed by atoms with Gasteiger partial charge in [0, 0.05) is 6.07 Å². The maximum absolute atomic E-state index is 6.21. The van der Waals surface area contributed by atoms with Crippen molar-refractivity contribution in [1.82, 2.24) is 10.2 Å². The summed E-state index contributed by atoms with van der Waals surface area (Å²) in [4.78, 5) is 0. The number of ether oxygens (including phenoxy) is 2. The summed E-state index contributed by atoms with van der Waals surface area (Å²) in [6, 6.07) is 5.20. The second kappa shape index (κ2) is 5.18. The van der Waals surface area contributed by atoms with Gasteiger partial charge in [-0.2, -0.15) is 5.10 Å². The third-order valence-corrected chi connectivity index (χ3v) is 2.76. The number of H-pyrrole nitrogens is 1. The third kappa shape index (κ3) is 2.22. The minimum Gasteiger partial charge on any atom is -0.493 e. The molecule has 2 rings (SSSR count). The highest BCUT2D eigenvalue weighted by Crippen LogP contribution is 2.42. The molecule has 0 radical (unpaired) electrons. The molecule has 1 heterocycles. The van der Waals surface area contributed by atoms with E-state index in [-0.39, 0.29) is 0 Å². The standard InChI is InChI=1S/C12H14ClN3O2/c1-3-18-12-9(17-2)5-4-7(13)11(12)8-6-10(14)16-15-8/h4-6H,3H2,1-2H3,(H3,14,15,16). The highest BCUT2D eigenvalue weighted by atomic mass is 35.5. The molecule has 3 N–H and O–H groups in total. The molecular weight excluding hydrogens is 254 g/mol. The molecule has 1 aromatic carbocycles. The Bertz CT molecular complexity index is 554. The number of methoxy groups -OCH3 is 1. The number of aromatic amines is 1. The van der Waals surface area contributed by atoms with Gasteiger partial charge in [0.1, 0.15) is 5.82 Å². The van der Waals surface area contributed by atoms with Crippen molar-refractivity contribution in [3.8, 4) is 22.8 Å². The summed E-state index contributed by atoms with van der Waals surface area (Å²) in [7, 11) is 1.58. The Balaban J connectivity index is 2.63. The SMILES string of the molecule is CCOc1c(OC)ccc(Cl)c1-c1cc(N)n[nH]1. The fourth-order valence-corrected chi connectivity index (χ4v) is 1.95. The molecule has 0 fully saturated rings. The fourth-order valence-electron chi connectivity index (χ4n) is 1.70. The van der Waals surface area contributed by atoms with E-state index in [4.69, 9.17) is 26.8 Å². The van der Waals surface area contributed by atoms with E-state index < -0.39 is 0 Å². The Morgan fingerprint density at radius 1 is 1.44 bits per heavy atom. The zero-order chi connectivity index (χ0) is 13.1. The van der Waals surface area contributed by atoms with Crippen molar-refractivity contribution < 1.29 is 9.47 Å². The van der Waals surface area contributed by atoms with Gasteiger partial charge in [-0.3, -0.25) is 5.10 Å². The Hall–Kier alpha value is -1.88. The van der Waals surface area contributed by atoms with Crippen molar-refractivity contribution in [2.75, 3.05) is 19.5 Å². The molecule has 5 nitrogen and oxygen atoms in total. The first-order valence-electron chi connectivity index (χ1n) is 5.48. The molecule has 6 heteroatoms. The first-order chi connectivity index (χ1) is 8.67. The lowest BCUT2D eigenvalue weighted by Crippen LogP contribution is -1.98. The third-order valence-electron chi connectivity index (χ3n) is 2.45. The molecule has 1 aromatic heterocycles. The molecule has 0 spiro atoms. The number of halogens is 1. The Morgan fingerprint density at radius 3 is 2.78 bits per heavy atom. The number of anilines is 1. The van der Waals surface area contributed by atoms with Crippen LogP contribution < -0.4 is 15.2 Å². The number of rotatable bonds is 4. The van der Waals surface area contributed by atoms with E-state index in [1.54, 1.807) is 25.3 Å². The van der Waals surface area contributed by atoms with Gasteiger partial charge in [0.15, 0.2) is 11.5 Å². The van der Waals surface area contributed by atoms with Crippen molar-refractivity contribution in [3.05, 3.63) is 23.2 Å². The summed E-state index contributed by atoms with van der Waals surface area (Å²) in [5, 5.41) is 7.25. The zero-order valence-corrected chi connectivity index (χ0v) is 10.9. The van der Waals surface area contributed by atoms with Gasteiger partial charge < -0.3 is 15.2 Å². The van der Waals surface area contributed by atoms with Crippen LogP contribution in [0.4, 0.5) is 5.82 Å². The summed E-state index contributed by atoms with van der Waals surface area (Å²) >= 11 is 6.21. The molecule has 0 saturated heterocycles. The van der Waals surface area contributed by atoms with Crippen LogP contribution in [0.25, 0.3) is 11.3 Å². The Labute approximate surface area is 110 Å². The maximum Gasteiger partial charge on any atom is 0.171 e. The zero-order valence-electron chi connectivity index (χ0n) is 10.2. The summed E-state index contributed by atoms with van der Waals surface area (Å²) in [5.41, 5.74) is 6.99. The first-order valence-corrected chi connectivity index (χ1v) is 5.85. The van der Waals surface area contributed by atoms with Crippen LogP contribution in [0, 0.1) is 0 Å². The normalized spacial score (nSPS) is 10.4. The Morgan fingerprint density at radius 2 is 2.22 bits per heavy atom. The maximum atomic E-state index is 6.21. The van der Waals surface area contributed by atoms with E-state index in [1.165, 1.54) is 0 Å². The van der Waals surface area contributed by atoms with Crippen molar-refractivity contribution >= 4 is 17.4 Å². The largest absolute Gasteiger partial charge is 0.493 e. The van der Waals surface area contributed by atoms with Gasteiger partial charge in [0.25, 0.3) is 0 Å². The van der Waals surface area contributed by atoms with Crippen LogP contribution in [-0.4, -0.2) is 23.9 Å². The number of hydrogen-bond acceptors (Lipinski definition) is 4. The molecule has 0 amide bonds. The summed E-state index contributed by atoms with van der Waals surface area (Å²) in [6.07, 6.45) is 0. The molecule has 0 atom stereocenters. The van der Waals surface area contributed by atoms with E-state index in [2.05, 4.69) is 10.2 Å². The predicted octanol–water partition coefficient (Wildman–Crippen LogP) is 2.72. The number of hydrogen-bond donors (Lipinski definition) is 2. The molecule has 0 aliphatic carbocycles. The van der Waals surface area contributed by atoms with E-state index in [1.807, 2.05) is 6.92 Å². The van der Waals surface area contributed by atoms with E-state index in [0.717, 1.165) is 0 Å². The molecule has 2 aromatic rings. The average molecular weight is 268 g/mol. The molecule has 0 bridgehead atoms. The van der Waals surface area contributed by atoms with Gasteiger partial charge in [-0.1, -0.05) is 11.6 Å². The van der Waals surface area contributed by atoms with Crippen LogP contribution in [0.15, 0.2) is 18.2 Å². The molecule has 0 saturated carbocycles. The van der Waals surface area contributed by atoms with E-state index >= 15 is 0 Å². The second-order valence-corrected chi connectivity index (χ2v) is 4.00. The van der Waals surface area contributed by atoms with Gasteiger partial charge >= 0.3 is 0 Å². The van der Waals surface area contributed by atoms with E-state index in [0.29, 0.717) is 40.2 Å². The molecule has 0 unspecified atom stereocenters. The van der Waals surface area contributed by atoms with Crippen molar-refractivity contribution in [2.45, 2.75) is 6.92 Å². The van der Waals surface area contributed by atoms with Crippen LogP contribution in [0.5, 0.6) is 11.5 Å². The smallest absolute Gasteiger partial charge is 0.171 e. The van der Waals surface area contributed by atoms with Crippen molar-refractivity contribution in [2.24, 2.45) is 0 Å². The van der Waals surface area contributed by atoms with Gasteiger partial charge in [-0.25, -0.2) is 0 Å². The molecule has 0 aliphatic rings. The lowest BCUT2D eigenvalue weighted by atomic mass is 10.1. The highest BCUT2D eigenvalue weighted by molar-refractivity contribution is 6.33. The number of nitrogens with two attached hydrogens (primary N) is 1. The summed E-state index contributed by atoms with van der Waals surface area (Å²) in [5.74, 6) is 1.59. The monoisotopic (exact) mass is 267 g/mol. The number of nitrogens with one attached hydrogen (secondary N) is 1. The summed E-state index contributed by atoms with van der Waals surface area (Å²) < 4.78 is 10.9. The molecule has 18 heavy (non-hydrogen) atoms. The lowest BCUT2D eigenvalue weighted by molar-refractivity contribution is 0.312. The number of nitrogen functional groups attached to an aromatic ring is 1. The van der Waals surface area contributed by atoms with E-state index in [9.17, 15) is 0 Å². The van der Waals surface area contributed by atoms with Crippen LogP contribution in [-0.2, 0) is 0 Å². The van der Waals surface area contributed by atoms with Crippen molar-refractivity contribution in [1.29, 1.82) is 0 Å². The lowest BCUT2D eigenvalue weighted by Gasteiger charge is -2.14. The quantitative estimate of drug-likeness (QED) is 0.893. The van der Waals surface area contributed by atoms with Gasteiger partial charge in [-0.15, -0.1) is 0 Å². The van der Waals surface area contributed by atoms with Crippen LogP contribution in [0.2, 0.25) is 5.02 Å². The number of nitrogens with zero attached hydrogens (tertiary/aromatic N) is 1. The van der Waals surface area contributed by atoms with Crippen LogP contribution >= 0.6 is 11.6 Å².